The average Bonchev–Trinajstić information content (AvgIpc) is 3.31. The molecule has 3 amide bonds. The number of fused-ring (bicyclic) bond motifs is 1. The molecule has 5 nitrogen and oxygen atoms in total. The summed E-state index contributed by atoms with van der Waals surface area (Å²) in [7, 11) is 0. The van der Waals surface area contributed by atoms with Crippen molar-refractivity contribution in [1.29, 1.82) is 0 Å². The Morgan fingerprint density at radius 1 is 1.00 bits per heavy atom. The number of thiophene rings is 1. The molecule has 0 spiro atoms. The van der Waals surface area contributed by atoms with Crippen molar-refractivity contribution in [1.82, 2.24) is 5.32 Å². The van der Waals surface area contributed by atoms with E-state index >= 15 is 0 Å². The van der Waals surface area contributed by atoms with Gasteiger partial charge in [0.25, 0.3) is 17.7 Å². The number of benzene rings is 2. The molecule has 0 unspecified atom stereocenters. The number of hydrogen-bond acceptors (Lipinski definition) is 4. The van der Waals surface area contributed by atoms with E-state index in [2.05, 4.69) is 5.32 Å². The van der Waals surface area contributed by atoms with E-state index in [9.17, 15) is 14.4 Å². The third kappa shape index (κ3) is 3.59. The van der Waals surface area contributed by atoms with Crippen LogP contribution < -0.4 is 10.2 Å². The number of imide groups is 1. The Kier molecular flexibility index (Phi) is 5.03. The molecule has 0 fully saturated rings. The predicted octanol–water partition coefficient (Wildman–Crippen LogP) is 4.14. The van der Waals surface area contributed by atoms with Gasteiger partial charge in [0.1, 0.15) is 0 Å². The van der Waals surface area contributed by atoms with Gasteiger partial charge in [-0.25, -0.2) is 4.90 Å². The van der Waals surface area contributed by atoms with E-state index in [4.69, 9.17) is 0 Å². The third-order valence-electron chi connectivity index (χ3n) is 4.99. The van der Waals surface area contributed by atoms with Gasteiger partial charge in [-0.1, -0.05) is 18.2 Å². The topological polar surface area (TPSA) is 66.5 Å². The first-order valence-corrected chi connectivity index (χ1v) is 10.2. The second kappa shape index (κ2) is 7.64. The Hall–Kier alpha value is -3.25. The van der Waals surface area contributed by atoms with Gasteiger partial charge in [0, 0.05) is 17.0 Å². The van der Waals surface area contributed by atoms with Crippen molar-refractivity contribution in [2.45, 2.75) is 20.3 Å². The zero-order valence-electron chi connectivity index (χ0n) is 16.2. The second-order valence-electron chi connectivity index (χ2n) is 7.08. The molecular weight excluding hydrogens is 384 g/mol. The maximum absolute atomic E-state index is 13.0. The SMILES string of the molecule is Cc1ccc(C)c(N2C(=O)c3ccc(C(=O)NCCc4cccs4)cc3C2=O)c1. The van der Waals surface area contributed by atoms with Crippen molar-refractivity contribution in [3.63, 3.8) is 0 Å². The maximum atomic E-state index is 13.0. The first-order chi connectivity index (χ1) is 14.0. The van der Waals surface area contributed by atoms with E-state index in [0.717, 1.165) is 17.5 Å². The number of hydrogen-bond donors (Lipinski definition) is 1. The van der Waals surface area contributed by atoms with Gasteiger partial charge >= 0.3 is 0 Å². The molecule has 3 aromatic rings. The number of aryl methyl sites for hydroxylation is 2. The Morgan fingerprint density at radius 3 is 2.55 bits per heavy atom. The van der Waals surface area contributed by atoms with Crippen LogP contribution in [0.3, 0.4) is 0 Å². The fourth-order valence-electron chi connectivity index (χ4n) is 3.42. The lowest BCUT2D eigenvalue weighted by Gasteiger charge is -2.17. The molecule has 0 bridgehead atoms. The zero-order valence-corrected chi connectivity index (χ0v) is 17.0. The smallest absolute Gasteiger partial charge is 0.266 e. The van der Waals surface area contributed by atoms with E-state index in [1.165, 1.54) is 15.8 Å². The normalized spacial score (nSPS) is 13.0. The summed E-state index contributed by atoms with van der Waals surface area (Å²) in [5.41, 5.74) is 3.36. The predicted molar refractivity (Wildman–Crippen MR) is 114 cm³/mol. The van der Waals surface area contributed by atoms with Gasteiger partial charge in [-0.2, -0.15) is 0 Å². The molecule has 6 heteroatoms. The summed E-state index contributed by atoms with van der Waals surface area (Å²) in [5.74, 6) is -1.01. The van der Waals surface area contributed by atoms with E-state index in [-0.39, 0.29) is 17.4 Å². The van der Waals surface area contributed by atoms with Gasteiger partial charge < -0.3 is 5.32 Å². The number of anilines is 1. The molecule has 0 radical (unpaired) electrons. The minimum Gasteiger partial charge on any atom is -0.352 e. The molecule has 0 atom stereocenters. The Balaban J connectivity index is 1.55. The zero-order chi connectivity index (χ0) is 20.5. The van der Waals surface area contributed by atoms with Gasteiger partial charge in [0.15, 0.2) is 0 Å². The number of nitrogens with one attached hydrogen (secondary N) is 1. The van der Waals surface area contributed by atoms with Gasteiger partial charge in [-0.05, 0) is 67.1 Å². The highest BCUT2D eigenvalue weighted by Crippen LogP contribution is 2.31. The average molecular weight is 404 g/mol. The Labute approximate surface area is 173 Å². The first-order valence-electron chi connectivity index (χ1n) is 9.36. The van der Waals surface area contributed by atoms with E-state index in [0.29, 0.717) is 23.4 Å². The minimum absolute atomic E-state index is 0.255. The molecule has 1 aromatic heterocycles. The third-order valence-corrected chi connectivity index (χ3v) is 5.93. The molecule has 0 aliphatic carbocycles. The summed E-state index contributed by atoms with van der Waals surface area (Å²) in [4.78, 5) is 40.7. The van der Waals surface area contributed by atoms with Crippen LogP contribution in [0.2, 0.25) is 0 Å². The molecule has 146 valence electrons. The summed E-state index contributed by atoms with van der Waals surface area (Å²) in [6, 6.07) is 14.3. The summed E-state index contributed by atoms with van der Waals surface area (Å²) < 4.78 is 0. The number of amides is 3. The van der Waals surface area contributed by atoms with Crippen LogP contribution in [0.25, 0.3) is 0 Å². The van der Waals surface area contributed by atoms with Crippen LogP contribution in [-0.2, 0) is 6.42 Å². The number of carbonyl (C=O) groups excluding carboxylic acids is 3. The van der Waals surface area contributed by atoms with Gasteiger partial charge in [-0.3, -0.25) is 14.4 Å². The van der Waals surface area contributed by atoms with Crippen molar-refractivity contribution in [3.05, 3.63) is 86.6 Å². The standard InChI is InChI=1S/C23H20N2O3S/c1-14-5-6-15(2)20(12-14)25-22(27)18-8-7-16(13-19(18)23(25)28)21(26)24-10-9-17-4-3-11-29-17/h3-8,11-13H,9-10H2,1-2H3,(H,24,26). The molecule has 29 heavy (non-hydrogen) atoms. The number of rotatable bonds is 5. The largest absolute Gasteiger partial charge is 0.352 e. The van der Waals surface area contributed by atoms with Crippen LogP contribution in [0.15, 0.2) is 53.9 Å². The minimum atomic E-state index is -0.396. The lowest BCUT2D eigenvalue weighted by Crippen LogP contribution is -2.30. The quantitative estimate of drug-likeness (QED) is 0.650. The number of nitrogens with zero attached hydrogens (tertiary/aromatic N) is 1. The lowest BCUT2D eigenvalue weighted by molar-refractivity contribution is 0.0923. The van der Waals surface area contributed by atoms with Crippen molar-refractivity contribution < 1.29 is 14.4 Å². The molecule has 2 heterocycles. The monoisotopic (exact) mass is 404 g/mol. The fraction of sp³-hybridized carbons (Fsp3) is 0.174. The molecule has 4 rings (SSSR count). The molecular formula is C23H20N2O3S. The second-order valence-corrected chi connectivity index (χ2v) is 8.11. The van der Waals surface area contributed by atoms with Crippen LogP contribution in [0.1, 0.15) is 47.1 Å². The molecule has 1 aliphatic heterocycles. The van der Waals surface area contributed by atoms with Crippen molar-refractivity contribution in [2.24, 2.45) is 0 Å². The highest BCUT2D eigenvalue weighted by Gasteiger charge is 2.37. The van der Waals surface area contributed by atoms with E-state index in [1.54, 1.807) is 23.5 Å². The van der Waals surface area contributed by atoms with E-state index < -0.39 is 5.91 Å². The summed E-state index contributed by atoms with van der Waals surface area (Å²) in [6.07, 6.45) is 0.756. The fourth-order valence-corrected chi connectivity index (χ4v) is 4.13. The summed E-state index contributed by atoms with van der Waals surface area (Å²) >= 11 is 1.65. The lowest BCUT2D eigenvalue weighted by atomic mass is 10.1. The van der Waals surface area contributed by atoms with Gasteiger partial charge in [0.2, 0.25) is 0 Å². The molecule has 1 aliphatic rings. The van der Waals surface area contributed by atoms with Crippen molar-refractivity contribution in [2.75, 3.05) is 11.4 Å². The van der Waals surface area contributed by atoms with Crippen molar-refractivity contribution in [3.8, 4) is 0 Å². The summed E-state index contributed by atoms with van der Waals surface area (Å²) in [6.45, 7) is 4.29. The molecule has 0 saturated heterocycles. The Bertz CT molecular complexity index is 1120. The first kappa shape index (κ1) is 19.1. The van der Waals surface area contributed by atoms with Crippen LogP contribution in [-0.4, -0.2) is 24.3 Å². The van der Waals surface area contributed by atoms with Crippen LogP contribution in [0.4, 0.5) is 5.69 Å². The molecule has 2 aromatic carbocycles. The highest BCUT2D eigenvalue weighted by atomic mass is 32.1. The van der Waals surface area contributed by atoms with Crippen LogP contribution >= 0.6 is 11.3 Å². The van der Waals surface area contributed by atoms with Gasteiger partial charge in [-0.15, -0.1) is 11.3 Å². The van der Waals surface area contributed by atoms with Gasteiger partial charge in [0.05, 0.1) is 16.8 Å². The van der Waals surface area contributed by atoms with Crippen molar-refractivity contribution >= 4 is 34.7 Å². The maximum Gasteiger partial charge on any atom is 0.266 e. The van der Waals surface area contributed by atoms with Crippen LogP contribution in [0.5, 0.6) is 0 Å². The van der Waals surface area contributed by atoms with E-state index in [1.807, 2.05) is 49.6 Å². The highest BCUT2D eigenvalue weighted by molar-refractivity contribution is 7.09. The number of carbonyl (C=O) groups is 3. The Morgan fingerprint density at radius 2 is 1.79 bits per heavy atom. The summed E-state index contributed by atoms with van der Waals surface area (Å²) in [5, 5.41) is 4.87. The molecule has 1 N–H and O–H groups in total. The molecule has 0 saturated carbocycles. The van der Waals surface area contributed by atoms with Crippen LogP contribution in [0, 0.1) is 13.8 Å².